The molecule has 0 unspecified atom stereocenters. The van der Waals surface area contributed by atoms with Gasteiger partial charge in [-0.05, 0) is 31.0 Å². The molecule has 2 aromatic carbocycles. The first kappa shape index (κ1) is 22.1. The quantitative estimate of drug-likeness (QED) is 0.541. The number of methoxy groups -OCH3 is 1. The zero-order valence-corrected chi connectivity index (χ0v) is 18.8. The van der Waals surface area contributed by atoms with E-state index in [4.69, 9.17) is 16.3 Å². The zero-order valence-electron chi connectivity index (χ0n) is 18.1. The highest BCUT2D eigenvalue weighted by atomic mass is 35.5. The molecular formula is C25H27ClN4O2. The smallest absolute Gasteiger partial charge is 0.258 e. The van der Waals surface area contributed by atoms with Crippen molar-refractivity contribution in [2.75, 3.05) is 32.1 Å². The maximum absolute atomic E-state index is 12.6. The van der Waals surface area contributed by atoms with Gasteiger partial charge in [0.15, 0.2) is 0 Å². The summed E-state index contributed by atoms with van der Waals surface area (Å²) in [5, 5.41) is 7.87. The number of para-hydroxylation sites is 1. The Morgan fingerprint density at radius 3 is 2.69 bits per heavy atom. The van der Waals surface area contributed by atoms with Crippen LogP contribution in [-0.4, -0.2) is 47.3 Å². The third-order valence-corrected chi connectivity index (χ3v) is 6.06. The van der Waals surface area contributed by atoms with Crippen LogP contribution in [-0.2, 0) is 0 Å². The minimum Gasteiger partial charge on any atom is -0.496 e. The van der Waals surface area contributed by atoms with Gasteiger partial charge in [0, 0.05) is 31.3 Å². The highest BCUT2D eigenvalue weighted by molar-refractivity contribution is 6.34. The zero-order chi connectivity index (χ0) is 22.3. The highest BCUT2D eigenvalue weighted by Gasteiger charge is 2.23. The van der Waals surface area contributed by atoms with E-state index in [9.17, 15) is 4.79 Å². The Kier molecular flexibility index (Phi) is 7.24. The number of anilines is 1. The van der Waals surface area contributed by atoms with Crippen molar-refractivity contribution in [2.45, 2.75) is 18.9 Å². The van der Waals surface area contributed by atoms with Gasteiger partial charge in [0.05, 0.1) is 29.9 Å². The molecule has 32 heavy (non-hydrogen) atoms. The number of benzene rings is 2. The minimum absolute atomic E-state index is 0.226. The molecule has 0 saturated carbocycles. The fraction of sp³-hybridized carbons (Fsp3) is 0.280. The fourth-order valence-electron chi connectivity index (χ4n) is 4.01. The Morgan fingerprint density at radius 2 is 1.91 bits per heavy atom. The van der Waals surface area contributed by atoms with Gasteiger partial charge in [-0.15, -0.1) is 0 Å². The van der Waals surface area contributed by atoms with Gasteiger partial charge in [-0.25, -0.2) is 4.68 Å². The average Bonchev–Trinajstić information content (AvgIpc) is 3.28. The van der Waals surface area contributed by atoms with Gasteiger partial charge >= 0.3 is 0 Å². The monoisotopic (exact) mass is 450 g/mol. The summed E-state index contributed by atoms with van der Waals surface area (Å²) in [4.78, 5) is 15.1. The van der Waals surface area contributed by atoms with Gasteiger partial charge in [0.25, 0.3) is 5.91 Å². The minimum atomic E-state index is -0.226. The average molecular weight is 451 g/mol. The van der Waals surface area contributed by atoms with E-state index in [1.807, 2.05) is 35.0 Å². The van der Waals surface area contributed by atoms with Gasteiger partial charge in [-0.1, -0.05) is 54.1 Å². The van der Waals surface area contributed by atoms with Crippen molar-refractivity contribution < 1.29 is 9.53 Å². The van der Waals surface area contributed by atoms with E-state index in [0.29, 0.717) is 16.4 Å². The van der Waals surface area contributed by atoms with Crippen molar-refractivity contribution in [3.63, 3.8) is 0 Å². The summed E-state index contributed by atoms with van der Waals surface area (Å²) in [6, 6.07) is 17.1. The summed E-state index contributed by atoms with van der Waals surface area (Å²) in [7, 11) is 1.69. The number of likely N-dealkylation sites (tertiary alicyclic amines) is 1. The largest absolute Gasteiger partial charge is 0.496 e. The van der Waals surface area contributed by atoms with Crippen LogP contribution in [0.15, 0.2) is 66.9 Å². The molecule has 1 fully saturated rings. The van der Waals surface area contributed by atoms with Crippen LogP contribution < -0.4 is 10.1 Å². The third-order valence-electron chi connectivity index (χ3n) is 5.73. The molecule has 6 nitrogen and oxygen atoms in total. The number of nitrogens with one attached hydrogen (secondary N) is 1. The van der Waals surface area contributed by atoms with E-state index in [2.05, 4.69) is 33.5 Å². The number of nitrogens with zero attached hydrogens (tertiary/aromatic N) is 3. The summed E-state index contributed by atoms with van der Waals surface area (Å²) in [6.07, 6.45) is 7.96. The van der Waals surface area contributed by atoms with Crippen molar-refractivity contribution in [3.05, 3.63) is 83.0 Å². The van der Waals surface area contributed by atoms with Crippen LogP contribution in [0, 0.1) is 0 Å². The lowest BCUT2D eigenvalue weighted by Gasteiger charge is -2.32. The number of halogens is 1. The first-order valence-corrected chi connectivity index (χ1v) is 11.1. The standard InChI is InChI=1S/C25H27ClN4O2/c1-32-23-11-5-2-7-19(23)8-6-16-29-17-13-20(14-18-29)30-24(12-15-27-30)28-25(31)21-9-3-4-10-22(21)26/h2-12,15,20H,13-14,16-18H2,1H3,(H,28,31)/b8-6+. The predicted molar refractivity (Wildman–Crippen MR) is 128 cm³/mol. The Bertz CT molecular complexity index is 1090. The van der Waals surface area contributed by atoms with Gasteiger partial charge in [-0.2, -0.15) is 5.10 Å². The van der Waals surface area contributed by atoms with Crippen LogP contribution in [0.2, 0.25) is 5.02 Å². The topological polar surface area (TPSA) is 59.4 Å². The second-order valence-electron chi connectivity index (χ2n) is 7.77. The number of piperidine rings is 1. The van der Waals surface area contributed by atoms with Crippen LogP contribution in [0.3, 0.4) is 0 Å². The summed E-state index contributed by atoms with van der Waals surface area (Å²) in [5.74, 6) is 1.35. The van der Waals surface area contributed by atoms with Gasteiger partial charge in [-0.3, -0.25) is 9.69 Å². The number of carbonyl (C=O) groups excluding carboxylic acids is 1. The summed E-state index contributed by atoms with van der Waals surface area (Å²) in [5.41, 5.74) is 1.54. The molecule has 1 aliphatic heterocycles. The van der Waals surface area contributed by atoms with E-state index in [-0.39, 0.29) is 11.9 Å². The fourth-order valence-corrected chi connectivity index (χ4v) is 4.23. The van der Waals surface area contributed by atoms with Crippen LogP contribution in [0.1, 0.15) is 34.8 Å². The number of amides is 1. The van der Waals surface area contributed by atoms with E-state index < -0.39 is 0 Å². The molecule has 1 amide bonds. The van der Waals surface area contributed by atoms with Crippen LogP contribution in [0.5, 0.6) is 5.75 Å². The molecule has 7 heteroatoms. The normalized spacial score (nSPS) is 15.2. The highest BCUT2D eigenvalue weighted by Crippen LogP contribution is 2.26. The maximum atomic E-state index is 12.6. The second-order valence-corrected chi connectivity index (χ2v) is 8.18. The Hall–Kier alpha value is -3.09. The van der Waals surface area contributed by atoms with Gasteiger partial charge in [0.2, 0.25) is 0 Å². The molecule has 0 aliphatic carbocycles. The first-order chi connectivity index (χ1) is 15.7. The van der Waals surface area contributed by atoms with E-state index >= 15 is 0 Å². The first-order valence-electron chi connectivity index (χ1n) is 10.8. The second kappa shape index (κ2) is 10.5. The third kappa shape index (κ3) is 5.21. The molecule has 4 rings (SSSR count). The number of hydrogen-bond donors (Lipinski definition) is 1. The molecule has 1 saturated heterocycles. The van der Waals surface area contributed by atoms with Crippen molar-refractivity contribution in [1.82, 2.24) is 14.7 Å². The van der Waals surface area contributed by atoms with Crippen LogP contribution in [0.25, 0.3) is 6.08 Å². The summed E-state index contributed by atoms with van der Waals surface area (Å²) < 4.78 is 7.33. The molecule has 0 atom stereocenters. The van der Waals surface area contributed by atoms with Crippen LogP contribution >= 0.6 is 11.6 Å². The molecule has 1 aliphatic rings. The number of ether oxygens (including phenoxy) is 1. The Labute approximate surface area is 193 Å². The molecule has 0 radical (unpaired) electrons. The molecule has 0 spiro atoms. The molecule has 3 aromatic rings. The number of rotatable bonds is 7. The summed E-state index contributed by atoms with van der Waals surface area (Å²) >= 11 is 6.16. The summed E-state index contributed by atoms with van der Waals surface area (Å²) in [6.45, 7) is 2.83. The van der Waals surface area contributed by atoms with E-state index in [1.165, 1.54) is 0 Å². The SMILES string of the molecule is COc1ccccc1/C=C/CN1CCC(n2nccc2NC(=O)c2ccccc2Cl)CC1. The molecule has 1 N–H and O–H groups in total. The van der Waals surface area contributed by atoms with Crippen molar-refractivity contribution in [3.8, 4) is 5.75 Å². The number of aromatic nitrogens is 2. The van der Waals surface area contributed by atoms with Crippen molar-refractivity contribution >= 4 is 29.4 Å². The lowest BCUT2D eigenvalue weighted by Crippen LogP contribution is -2.35. The predicted octanol–water partition coefficient (Wildman–Crippen LogP) is 5.15. The molecule has 1 aromatic heterocycles. The molecule has 0 bridgehead atoms. The van der Waals surface area contributed by atoms with Gasteiger partial charge in [0.1, 0.15) is 11.6 Å². The van der Waals surface area contributed by atoms with Crippen molar-refractivity contribution in [1.29, 1.82) is 0 Å². The lowest BCUT2D eigenvalue weighted by atomic mass is 10.1. The maximum Gasteiger partial charge on any atom is 0.258 e. The Morgan fingerprint density at radius 1 is 1.16 bits per heavy atom. The van der Waals surface area contributed by atoms with E-state index in [1.54, 1.807) is 31.5 Å². The van der Waals surface area contributed by atoms with E-state index in [0.717, 1.165) is 43.8 Å². The molecule has 2 heterocycles. The number of hydrogen-bond acceptors (Lipinski definition) is 4. The Balaban J connectivity index is 1.32. The lowest BCUT2D eigenvalue weighted by molar-refractivity contribution is 0.102. The van der Waals surface area contributed by atoms with Crippen molar-refractivity contribution in [2.24, 2.45) is 0 Å². The number of carbonyl (C=O) groups is 1. The molecular weight excluding hydrogens is 424 g/mol. The van der Waals surface area contributed by atoms with Gasteiger partial charge < -0.3 is 10.1 Å². The molecule has 166 valence electrons. The van der Waals surface area contributed by atoms with Crippen LogP contribution in [0.4, 0.5) is 5.82 Å².